The van der Waals surface area contributed by atoms with E-state index in [1.165, 1.54) is 38.5 Å². The summed E-state index contributed by atoms with van der Waals surface area (Å²) in [6.45, 7) is 4.46. The molecule has 0 saturated carbocycles. The van der Waals surface area contributed by atoms with Gasteiger partial charge in [0.25, 0.3) is 0 Å². The lowest BCUT2D eigenvalue weighted by Crippen LogP contribution is -2.15. The van der Waals surface area contributed by atoms with E-state index in [1.807, 2.05) is 36.4 Å². The van der Waals surface area contributed by atoms with Crippen molar-refractivity contribution in [2.75, 3.05) is 6.54 Å². The summed E-state index contributed by atoms with van der Waals surface area (Å²) in [5.74, 6) is 0.874. The van der Waals surface area contributed by atoms with Crippen molar-refractivity contribution in [2.45, 2.75) is 58.6 Å². The highest BCUT2D eigenvalue weighted by atomic mass is 35.5. The molecule has 2 aromatic carbocycles. The van der Waals surface area contributed by atoms with Crippen LogP contribution < -0.4 is 10.1 Å². The van der Waals surface area contributed by atoms with E-state index < -0.39 is 0 Å². The monoisotopic (exact) mass is 393 g/mol. The largest absolute Gasteiger partial charge is 0.488 e. The molecule has 0 spiro atoms. The van der Waals surface area contributed by atoms with Crippen molar-refractivity contribution >= 4 is 23.2 Å². The topological polar surface area (TPSA) is 21.3 Å². The minimum absolute atomic E-state index is 0.368. The van der Waals surface area contributed by atoms with Gasteiger partial charge in [-0.3, -0.25) is 0 Å². The first-order valence-electron chi connectivity index (χ1n) is 9.56. The third-order valence-electron chi connectivity index (χ3n) is 4.43. The zero-order valence-corrected chi connectivity index (χ0v) is 17.1. The molecular weight excluding hydrogens is 365 g/mol. The molecule has 142 valence electrons. The van der Waals surface area contributed by atoms with Crippen LogP contribution in [0.15, 0.2) is 42.5 Å². The number of hydrogen-bond donors (Lipinski definition) is 1. The number of para-hydroxylation sites is 1. The summed E-state index contributed by atoms with van der Waals surface area (Å²) >= 11 is 12.4. The average molecular weight is 394 g/mol. The van der Waals surface area contributed by atoms with Gasteiger partial charge in [-0.25, -0.2) is 0 Å². The van der Waals surface area contributed by atoms with E-state index in [4.69, 9.17) is 27.9 Å². The number of benzene rings is 2. The molecule has 2 nitrogen and oxygen atoms in total. The summed E-state index contributed by atoms with van der Waals surface area (Å²) in [6.07, 6.45) is 7.88. The van der Waals surface area contributed by atoms with Gasteiger partial charge in [-0.2, -0.15) is 0 Å². The smallest absolute Gasteiger partial charge is 0.124 e. The molecule has 0 saturated heterocycles. The maximum Gasteiger partial charge on any atom is 0.124 e. The summed E-state index contributed by atoms with van der Waals surface area (Å²) in [4.78, 5) is 0. The van der Waals surface area contributed by atoms with Gasteiger partial charge in [0.05, 0.1) is 0 Å². The van der Waals surface area contributed by atoms with Crippen LogP contribution in [0, 0.1) is 0 Å². The van der Waals surface area contributed by atoms with Crippen LogP contribution in [0.2, 0.25) is 10.0 Å². The van der Waals surface area contributed by atoms with Crippen molar-refractivity contribution in [1.82, 2.24) is 5.32 Å². The van der Waals surface area contributed by atoms with Gasteiger partial charge < -0.3 is 10.1 Å². The molecule has 1 N–H and O–H groups in total. The van der Waals surface area contributed by atoms with Gasteiger partial charge in [0, 0.05) is 27.7 Å². The molecule has 0 heterocycles. The van der Waals surface area contributed by atoms with Crippen molar-refractivity contribution < 1.29 is 4.74 Å². The molecule has 0 aliphatic rings. The Morgan fingerprint density at radius 1 is 0.846 bits per heavy atom. The standard InChI is InChI=1S/C22H29Cl2NO/c1-2-3-4-5-6-9-15-25-16-18-11-7-8-14-22(18)26-17-19-20(23)12-10-13-21(19)24/h7-8,10-14,25H,2-6,9,15-17H2,1H3. The molecule has 0 amide bonds. The normalized spacial score (nSPS) is 10.9. The van der Waals surface area contributed by atoms with E-state index in [0.29, 0.717) is 16.7 Å². The third kappa shape index (κ3) is 7.19. The first kappa shape index (κ1) is 21.1. The first-order valence-corrected chi connectivity index (χ1v) is 10.3. The SMILES string of the molecule is CCCCCCCCNCc1ccccc1OCc1c(Cl)cccc1Cl. The molecule has 0 unspecified atom stereocenters. The van der Waals surface area contributed by atoms with Gasteiger partial charge >= 0.3 is 0 Å². The number of rotatable bonds is 12. The third-order valence-corrected chi connectivity index (χ3v) is 5.14. The Bertz CT molecular complexity index is 640. The van der Waals surface area contributed by atoms with Gasteiger partial charge in [0.2, 0.25) is 0 Å². The predicted octanol–water partition coefficient (Wildman–Crippen LogP) is 7.02. The molecular formula is C22H29Cl2NO. The predicted molar refractivity (Wildman–Crippen MR) is 112 cm³/mol. The Kier molecular flexibility index (Phi) is 9.91. The second-order valence-electron chi connectivity index (χ2n) is 6.54. The number of nitrogens with one attached hydrogen (secondary N) is 1. The molecule has 0 bridgehead atoms. The van der Waals surface area contributed by atoms with Crippen LogP contribution in [0.1, 0.15) is 56.6 Å². The molecule has 0 aliphatic heterocycles. The van der Waals surface area contributed by atoms with Crippen LogP contribution in [0.25, 0.3) is 0 Å². The van der Waals surface area contributed by atoms with Crippen molar-refractivity contribution in [3.63, 3.8) is 0 Å². The molecule has 0 aliphatic carbocycles. The Labute approximate surface area is 167 Å². The van der Waals surface area contributed by atoms with Crippen molar-refractivity contribution in [1.29, 1.82) is 0 Å². The van der Waals surface area contributed by atoms with E-state index in [1.54, 1.807) is 0 Å². The fraction of sp³-hybridized carbons (Fsp3) is 0.455. The van der Waals surface area contributed by atoms with Crippen LogP contribution in [-0.2, 0) is 13.2 Å². The summed E-state index contributed by atoms with van der Waals surface area (Å²) in [5.41, 5.74) is 1.98. The minimum Gasteiger partial charge on any atom is -0.488 e. The molecule has 2 rings (SSSR count). The molecule has 0 atom stereocenters. The maximum absolute atomic E-state index is 6.22. The lowest BCUT2D eigenvalue weighted by atomic mass is 10.1. The summed E-state index contributed by atoms with van der Waals surface area (Å²) < 4.78 is 6.00. The maximum atomic E-state index is 6.22. The van der Waals surface area contributed by atoms with Gasteiger partial charge in [-0.15, -0.1) is 0 Å². The van der Waals surface area contributed by atoms with Crippen LogP contribution in [0.3, 0.4) is 0 Å². The Morgan fingerprint density at radius 3 is 2.31 bits per heavy atom. The van der Waals surface area contributed by atoms with E-state index in [2.05, 4.69) is 18.3 Å². The summed E-state index contributed by atoms with van der Waals surface area (Å²) in [6, 6.07) is 13.6. The van der Waals surface area contributed by atoms with Crippen LogP contribution >= 0.6 is 23.2 Å². The number of unbranched alkanes of at least 4 members (excludes halogenated alkanes) is 5. The van der Waals surface area contributed by atoms with Crippen LogP contribution in [0.4, 0.5) is 0 Å². The van der Waals surface area contributed by atoms with E-state index in [0.717, 1.165) is 30.0 Å². The highest BCUT2D eigenvalue weighted by molar-refractivity contribution is 6.35. The quantitative estimate of drug-likeness (QED) is 0.391. The van der Waals surface area contributed by atoms with E-state index >= 15 is 0 Å². The number of halogens is 2. The van der Waals surface area contributed by atoms with Crippen LogP contribution in [0.5, 0.6) is 5.75 Å². The molecule has 2 aromatic rings. The molecule has 0 radical (unpaired) electrons. The Morgan fingerprint density at radius 2 is 1.54 bits per heavy atom. The zero-order chi connectivity index (χ0) is 18.6. The lowest BCUT2D eigenvalue weighted by Gasteiger charge is -2.13. The van der Waals surface area contributed by atoms with Gasteiger partial charge in [0.15, 0.2) is 0 Å². The number of ether oxygens (including phenoxy) is 1. The first-order chi connectivity index (χ1) is 12.7. The van der Waals surface area contributed by atoms with Crippen molar-refractivity contribution in [3.8, 4) is 5.75 Å². The second kappa shape index (κ2) is 12.2. The lowest BCUT2D eigenvalue weighted by molar-refractivity contribution is 0.302. The Balaban J connectivity index is 1.78. The van der Waals surface area contributed by atoms with E-state index in [9.17, 15) is 0 Å². The summed E-state index contributed by atoms with van der Waals surface area (Å²) in [7, 11) is 0. The number of hydrogen-bond acceptors (Lipinski definition) is 2. The average Bonchev–Trinajstić information content (AvgIpc) is 2.64. The highest BCUT2D eigenvalue weighted by Gasteiger charge is 2.08. The fourth-order valence-corrected chi connectivity index (χ4v) is 3.37. The molecule has 0 fully saturated rings. The van der Waals surface area contributed by atoms with E-state index in [-0.39, 0.29) is 0 Å². The Hall–Kier alpha value is -1.22. The van der Waals surface area contributed by atoms with Crippen molar-refractivity contribution in [2.24, 2.45) is 0 Å². The fourth-order valence-electron chi connectivity index (χ4n) is 2.86. The summed E-state index contributed by atoms with van der Waals surface area (Å²) in [5, 5.41) is 4.79. The highest BCUT2D eigenvalue weighted by Crippen LogP contribution is 2.27. The molecule has 0 aromatic heterocycles. The van der Waals surface area contributed by atoms with Crippen molar-refractivity contribution in [3.05, 3.63) is 63.6 Å². The van der Waals surface area contributed by atoms with Gasteiger partial charge in [0.1, 0.15) is 12.4 Å². The molecule has 4 heteroatoms. The van der Waals surface area contributed by atoms with Gasteiger partial charge in [-0.05, 0) is 31.2 Å². The van der Waals surface area contributed by atoms with Crippen LogP contribution in [-0.4, -0.2) is 6.54 Å². The minimum atomic E-state index is 0.368. The van der Waals surface area contributed by atoms with Gasteiger partial charge in [-0.1, -0.05) is 86.5 Å². The zero-order valence-electron chi connectivity index (χ0n) is 15.6. The second-order valence-corrected chi connectivity index (χ2v) is 7.36. The molecule has 26 heavy (non-hydrogen) atoms.